The SMILES string of the molecule is CCCCCCN1C(=O)C(c2ccc(C)cc2C)=C(N2CCCC2)C1=O. The van der Waals surface area contributed by atoms with Crippen LogP contribution in [0.25, 0.3) is 5.57 Å². The number of carbonyl (C=O) groups excluding carboxylic acids is 2. The lowest BCUT2D eigenvalue weighted by molar-refractivity contribution is -0.137. The first-order valence-corrected chi connectivity index (χ1v) is 9.97. The first kappa shape index (κ1) is 18.7. The van der Waals surface area contributed by atoms with Crippen molar-refractivity contribution in [3.05, 3.63) is 40.6 Å². The van der Waals surface area contributed by atoms with Crippen LogP contribution in [0.2, 0.25) is 0 Å². The van der Waals surface area contributed by atoms with E-state index >= 15 is 0 Å². The Balaban J connectivity index is 1.95. The Morgan fingerprint density at radius 1 is 0.962 bits per heavy atom. The van der Waals surface area contributed by atoms with E-state index in [0.717, 1.165) is 62.7 Å². The molecule has 0 saturated carbocycles. The first-order valence-electron chi connectivity index (χ1n) is 9.97. The van der Waals surface area contributed by atoms with E-state index in [1.807, 2.05) is 26.0 Å². The molecule has 1 aromatic rings. The lowest BCUT2D eigenvalue weighted by Gasteiger charge is -2.20. The van der Waals surface area contributed by atoms with Crippen molar-refractivity contribution in [2.45, 2.75) is 59.3 Å². The van der Waals surface area contributed by atoms with Crippen molar-refractivity contribution >= 4 is 17.4 Å². The molecule has 140 valence electrons. The van der Waals surface area contributed by atoms with Crippen LogP contribution in [-0.2, 0) is 9.59 Å². The van der Waals surface area contributed by atoms with E-state index < -0.39 is 0 Å². The second kappa shape index (κ2) is 8.07. The van der Waals surface area contributed by atoms with Gasteiger partial charge >= 0.3 is 0 Å². The van der Waals surface area contributed by atoms with Gasteiger partial charge in [-0.15, -0.1) is 0 Å². The van der Waals surface area contributed by atoms with Crippen molar-refractivity contribution in [2.75, 3.05) is 19.6 Å². The molecule has 0 spiro atoms. The Hall–Kier alpha value is -2.10. The lowest BCUT2D eigenvalue weighted by Crippen LogP contribution is -2.35. The zero-order chi connectivity index (χ0) is 18.7. The van der Waals surface area contributed by atoms with Crippen molar-refractivity contribution in [2.24, 2.45) is 0 Å². The topological polar surface area (TPSA) is 40.6 Å². The molecule has 0 bridgehead atoms. The van der Waals surface area contributed by atoms with Gasteiger partial charge in [0.2, 0.25) is 0 Å². The molecule has 0 aromatic heterocycles. The summed E-state index contributed by atoms with van der Waals surface area (Å²) in [6.45, 7) is 8.51. The highest BCUT2D eigenvalue weighted by Crippen LogP contribution is 2.35. The molecule has 2 aliphatic heterocycles. The Kier molecular flexibility index (Phi) is 5.80. The first-order chi connectivity index (χ1) is 12.5. The number of aryl methyl sites for hydroxylation is 2. The molecule has 4 heteroatoms. The van der Waals surface area contributed by atoms with Gasteiger partial charge in [0.15, 0.2) is 0 Å². The van der Waals surface area contributed by atoms with Crippen LogP contribution in [0.3, 0.4) is 0 Å². The third-order valence-corrected chi connectivity index (χ3v) is 5.45. The molecule has 4 nitrogen and oxygen atoms in total. The highest BCUT2D eigenvalue weighted by atomic mass is 16.2. The zero-order valence-corrected chi connectivity index (χ0v) is 16.3. The molecular weight excluding hydrogens is 324 g/mol. The molecule has 0 radical (unpaired) electrons. The predicted molar refractivity (Wildman–Crippen MR) is 105 cm³/mol. The predicted octanol–water partition coefficient (Wildman–Crippen LogP) is 4.06. The maximum atomic E-state index is 13.2. The molecule has 2 amide bonds. The second-order valence-electron chi connectivity index (χ2n) is 7.56. The number of unbranched alkanes of at least 4 members (excludes halogenated alkanes) is 3. The van der Waals surface area contributed by atoms with Gasteiger partial charge in [0.25, 0.3) is 11.8 Å². The van der Waals surface area contributed by atoms with Crippen LogP contribution >= 0.6 is 0 Å². The Labute approximate surface area is 156 Å². The highest BCUT2D eigenvalue weighted by Gasteiger charge is 2.42. The van der Waals surface area contributed by atoms with E-state index in [0.29, 0.717) is 17.8 Å². The summed E-state index contributed by atoms with van der Waals surface area (Å²) in [6.07, 6.45) is 6.41. The van der Waals surface area contributed by atoms with E-state index in [1.54, 1.807) is 0 Å². The third-order valence-electron chi connectivity index (χ3n) is 5.45. The van der Waals surface area contributed by atoms with Crippen molar-refractivity contribution in [1.82, 2.24) is 9.80 Å². The lowest BCUT2D eigenvalue weighted by atomic mass is 9.97. The average molecular weight is 354 g/mol. The summed E-state index contributed by atoms with van der Waals surface area (Å²) in [4.78, 5) is 29.9. The number of hydrogen-bond donors (Lipinski definition) is 0. The number of hydrogen-bond acceptors (Lipinski definition) is 3. The molecule has 2 aliphatic rings. The van der Waals surface area contributed by atoms with Crippen LogP contribution in [0.5, 0.6) is 0 Å². The molecule has 2 heterocycles. The van der Waals surface area contributed by atoms with Crippen LogP contribution in [0.4, 0.5) is 0 Å². The van der Waals surface area contributed by atoms with E-state index in [1.165, 1.54) is 10.5 Å². The van der Waals surface area contributed by atoms with Crippen LogP contribution in [0.15, 0.2) is 23.9 Å². The number of amides is 2. The number of benzene rings is 1. The number of imide groups is 1. The summed E-state index contributed by atoms with van der Waals surface area (Å²) in [5.41, 5.74) is 4.39. The molecule has 26 heavy (non-hydrogen) atoms. The molecule has 0 unspecified atom stereocenters. The van der Waals surface area contributed by atoms with Crippen LogP contribution in [0.1, 0.15) is 62.1 Å². The van der Waals surface area contributed by atoms with Crippen molar-refractivity contribution in [1.29, 1.82) is 0 Å². The number of likely N-dealkylation sites (tertiary alicyclic amines) is 1. The summed E-state index contributed by atoms with van der Waals surface area (Å²) < 4.78 is 0. The largest absolute Gasteiger partial charge is 0.366 e. The van der Waals surface area contributed by atoms with Gasteiger partial charge < -0.3 is 4.90 Å². The number of nitrogens with zero attached hydrogens (tertiary/aromatic N) is 2. The smallest absolute Gasteiger partial charge is 0.277 e. The maximum absolute atomic E-state index is 13.2. The summed E-state index contributed by atoms with van der Waals surface area (Å²) in [6, 6.07) is 6.12. The highest BCUT2D eigenvalue weighted by molar-refractivity contribution is 6.35. The van der Waals surface area contributed by atoms with Crippen molar-refractivity contribution in [3.8, 4) is 0 Å². The van der Waals surface area contributed by atoms with Gasteiger partial charge in [-0.1, -0.05) is 49.9 Å². The molecular formula is C22H30N2O2. The summed E-state index contributed by atoms with van der Waals surface area (Å²) in [5.74, 6) is -0.205. The van der Waals surface area contributed by atoms with E-state index in [2.05, 4.69) is 17.9 Å². The quantitative estimate of drug-likeness (QED) is 0.548. The van der Waals surface area contributed by atoms with E-state index in [4.69, 9.17) is 0 Å². The number of rotatable bonds is 7. The van der Waals surface area contributed by atoms with Crippen LogP contribution in [-0.4, -0.2) is 41.2 Å². The third kappa shape index (κ3) is 3.55. The normalized spacial score (nSPS) is 17.8. The van der Waals surface area contributed by atoms with Gasteiger partial charge in [-0.25, -0.2) is 0 Å². The van der Waals surface area contributed by atoms with Gasteiger partial charge in [0.1, 0.15) is 5.70 Å². The van der Waals surface area contributed by atoms with Gasteiger partial charge in [0.05, 0.1) is 5.57 Å². The maximum Gasteiger partial charge on any atom is 0.277 e. The second-order valence-corrected chi connectivity index (χ2v) is 7.56. The molecule has 0 atom stereocenters. The monoisotopic (exact) mass is 354 g/mol. The number of carbonyl (C=O) groups is 2. The van der Waals surface area contributed by atoms with Gasteiger partial charge in [-0.3, -0.25) is 14.5 Å². The Bertz CT molecular complexity index is 730. The fraction of sp³-hybridized carbons (Fsp3) is 0.545. The van der Waals surface area contributed by atoms with E-state index in [-0.39, 0.29) is 11.8 Å². The minimum absolute atomic E-state index is 0.0941. The average Bonchev–Trinajstić information content (AvgIpc) is 3.20. The van der Waals surface area contributed by atoms with Gasteiger partial charge in [0, 0.05) is 19.6 Å². The summed E-state index contributed by atoms with van der Waals surface area (Å²) in [5, 5.41) is 0. The standard InChI is InChI=1S/C22H30N2O2/c1-4-5-6-7-14-24-21(25)19(18-11-10-16(2)15-17(18)3)20(22(24)26)23-12-8-9-13-23/h10-11,15H,4-9,12-14H2,1-3H3. The Morgan fingerprint density at radius 3 is 2.35 bits per heavy atom. The molecule has 3 rings (SSSR count). The summed E-state index contributed by atoms with van der Waals surface area (Å²) in [7, 11) is 0. The fourth-order valence-electron chi connectivity index (χ4n) is 4.03. The molecule has 0 N–H and O–H groups in total. The van der Waals surface area contributed by atoms with Gasteiger partial charge in [-0.05, 0) is 44.2 Å². The molecule has 1 saturated heterocycles. The Morgan fingerprint density at radius 2 is 1.69 bits per heavy atom. The van der Waals surface area contributed by atoms with Crippen LogP contribution in [0, 0.1) is 13.8 Å². The molecule has 0 aliphatic carbocycles. The van der Waals surface area contributed by atoms with Crippen LogP contribution < -0.4 is 0 Å². The van der Waals surface area contributed by atoms with E-state index in [9.17, 15) is 9.59 Å². The zero-order valence-electron chi connectivity index (χ0n) is 16.3. The molecule has 1 aromatic carbocycles. The van der Waals surface area contributed by atoms with Crippen molar-refractivity contribution < 1.29 is 9.59 Å². The molecule has 1 fully saturated rings. The minimum atomic E-state index is -0.111. The minimum Gasteiger partial charge on any atom is -0.366 e. The van der Waals surface area contributed by atoms with Crippen molar-refractivity contribution in [3.63, 3.8) is 0 Å². The summed E-state index contributed by atoms with van der Waals surface area (Å²) >= 11 is 0. The fourth-order valence-corrected chi connectivity index (χ4v) is 4.03. The van der Waals surface area contributed by atoms with Gasteiger partial charge in [-0.2, -0.15) is 0 Å².